The Bertz CT molecular complexity index is 831. The van der Waals surface area contributed by atoms with E-state index in [9.17, 15) is 0 Å². The Kier molecular flexibility index (Phi) is 7.10. The van der Waals surface area contributed by atoms with E-state index in [0.29, 0.717) is 13.2 Å². The van der Waals surface area contributed by atoms with Crippen molar-refractivity contribution in [3.8, 4) is 0 Å². The van der Waals surface area contributed by atoms with E-state index < -0.39 is 0 Å². The number of thioether (sulfide) groups is 1. The summed E-state index contributed by atoms with van der Waals surface area (Å²) in [6, 6.07) is 20.5. The first kappa shape index (κ1) is 21.4. The van der Waals surface area contributed by atoms with Crippen molar-refractivity contribution in [2.75, 3.05) is 14.1 Å². The van der Waals surface area contributed by atoms with Gasteiger partial charge in [0.2, 0.25) is 0 Å². The fourth-order valence-electron chi connectivity index (χ4n) is 3.86. The SMILES string of the molecule is CCC1OC2SC(N(C)C)=NC2C(OCc2ccccc2)C1OCc1ccccc1. The van der Waals surface area contributed by atoms with Gasteiger partial charge in [-0.3, -0.25) is 4.99 Å². The van der Waals surface area contributed by atoms with Crippen LogP contribution in [0.15, 0.2) is 65.7 Å². The molecular formula is C24H30N2O3S. The summed E-state index contributed by atoms with van der Waals surface area (Å²) in [5.41, 5.74) is 2.26. The molecule has 5 atom stereocenters. The summed E-state index contributed by atoms with van der Waals surface area (Å²) in [6.45, 7) is 3.21. The van der Waals surface area contributed by atoms with Crippen LogP contribution >= 0.6 is 11.8 Å². The van der Waals surface area contributed by atoms with Crippen LogP contribution < -0.4 is 0 Å². The van der Waals surface area contributed by atoms with Crippen molar-refractivity contribution in [1.82, 2.24) is 4.90 Å². The highest BCUT2D eigenvalue weighted by molar-refractivity contribution is 8.14. The maximum atomic E-state index is 6.50. The van der Waals surface area contributed by atoms with Gasteiger partial charge < -0.3 is 19.1 Å². The molecule has 5 unspecified atom stereocenters. The van der Waals surface area contributed by atoms with Crippen molar-refractivity contribution in [2.45, 2.75) is 56.3 Å². The average molecular weight is 427 g/mol. The third-order valence-corrected chi connectivity index (χ3v) is 6.75. The molecule has 2 aromatic rings. The number of hydrogen-bond acceptors (Lipinski definition) is 6. The van der Waals surface area contributed by atoms with Gasteiger partial charge >= 0.3 is 0 Å². The number of fused-ring (bicyclic) bond motifs is 1. The van der Waals surface area contributed by atoms with Crippen molar-refractivity contribution in [3.63, 3.8) is 0 Å². The Labute approximate surface area is 183 Å². The fraction of sp³-hybridized carbons (Fsp3) is 0.458. The zero-order chi connectivity index (χ0) is 20.9. The number of hydrogen-bond donors (Lipinski definition) is 0. The summed E-state index contributed by atoms with van der Waals surface area (Å²) >= 11 is 1.68. The van der Waals surface area contributed by atoms with Crippen LogP contribution in [0.1, 0.15) is 24.5 Å². The van der Waals surface area contributed by atoms with E-state index >= 15 is 0 Å². The summed E-state index contributed by atoms with van der Waals surface area (Å²) in [5, 5.41) is 0.983. The standard InChI is InChI=1S/C24H30N2O3S/c1-4-19-21(27-15-17-11-7-5-8-12-17)22(28-16-18-13-9-6-10-14-18)20-23(29-19)30-24(25-20)26(2)3/h5-14,19-23H,4,15-16H2,1-3H3. The normalized spacial score (nSPS) is 28.1. The second-order valence-electron chi connectivity index (χ2n) is 7.89. The second kappa shape index (κ2) is 9.96. The Morgan fingerprint density at radius 2 is 1.47 bits per heavy atom. The average Bonchev–Trinajstić information content (AvgIpc) is 3.21. The molecule has 0 N–H and O–H groups in total. The van der Waals surface area contributed by atoms with E-state index in [1.54, 1.807) is 11.8 Å². The van der Waals surface area contributed by atoms with E-state index in [-0.39, 0.29) is 29.8 Å². The minimum atomic E-state index is -0.175. The number of rotatable bonds is 7. The van der Waals surface area contributed by atoms with Crippen LogP contribution in [0.5, 0.6) is 0 Å². The number of aliphatic imine (C=N–C) groups is 1. The predicted octanol–water partition coefficient (Wildman–Crippen LogP) is 4.33. The minimum absolute atomic E-state index is 0.0278. The molecule has 0 radical (unpaired) electrons. The van der Waals surface area contributed by atoms with Crippen LogP contribution in [0.2, 0.25) is 0 Å². The van der Waals surface area contributed by atoms with Gasteiger partial charge in [-0.05, 0) is 17.5 Å². The maximum absolute atomic E-state index is 6.50. The molecule has 2 aromatic carbocycles. The van der Waals surface area contributed by atoms with E-state index in [4.69, 9.17) is 19.2 Å². The largest absolute Gasteiger partial charge is 0.368 e. The molecule has 0 saturated carbocycles. The molecule has 5 nitrogen and oxygen atoms in total. The molecule has 0 aliphatic carbocycles. The topological polar surface area (TPSA) is 43.3 Å². The molecule has 6 heteroatoms. The Morgan fingerprint density at radius 1 is 0.900 bits per heavy atom. The molecule has 2 aliphatic heterocycles. The van der Waals surface area contributed by atoms with Gasteiger partial charge in [0.15, 0.2) is 5.17 Å². The van der Waals surface area contributed by atoms with Gasteiger partial charge in [-0.1, -0.05) is 79.3 Å². The van der Waals surface area contributed by atoms with Gasteiger partial charge in [0, 0.05) is 14.1 Å². The van der Waals surface area contributed by atoms with E-state index in [0.717, 1.165) is 22.7 Å². The van der Waals surface area contributed by atoms with Crippen LogP contribution in [-0.4, -0.2) is 54.0 Å². The number of amidine groups is 1. The number of ether oxygens (including phenoxy) is 3. The molecule has 0 amide bonds. The molecule has 160 valence electrons. The third kappa shape index (κ3) is 4.89. The fourth-order valence-corrected chi connectivity index (χ4v) is 5.02. The lowest BCUT2D eigenvalue weighted by Crippen LogP contribution is -2.56. The molecule has 4 rings (SSSR count). The molecule has 30 heavy (non-hydrogen) atoms. The molecule has 1 saturated heterocycles. The van der Waals surface area contributed by atoms with E-state index in [2.05, 4.69) is 31.2 Å². The highest BCUT2D eigenvalue weighted by Crippen LogP contribution is 2.40. The van der Waals surface area contributed by atoms with E-state index in [1.165, 1.54) is 0 Å². The summed E-state index contributed by atoms with van der Waals surface area (Å²) in [4.78, 5) is 7.00. The lowest BCUT2D eigenvalue weighted by molar-refractivity contribution is -0.197. The molecule has 1 fully saturated rings. The zero-order valence-electron chi connectivity index (χ0n) is 17.8. The van der Waals surface area contributed by atoms with Crippen LogP contribution in [-0.2, 0) is 27.4 Å². The van der Waals surface area contributed by atoms with Gasteiger partial charge in [-0.15, -0.1) is 0 Å². The predicted molar refractivity (Wildman–Crippen MR) is 121 cm³/mol. The van der Waals surface area contributed by atoms with E-state index in [1.807, 2.05) is 55.4 Å². The molecule has 2 aliphatic rings. The highest BCUT2D eigenvalue weighted by Gasteiger charge is 2.50. The van der Waals surface area contributed by atoms with Crippen LogP contribution in [0.25, 0.3) is 0 Å². The van der Waals surface area contributed by atoms with Crippen LogP contribution in [0.4, 0.5) is 0 Å². The quantitative estimate of drug-likeness (QED) is 0.660. The molecule has 0 bridgehead atoms. The first-order chi connectivity index (χ1) is 14.7. The van der Waals surface area contributed by atoms with Crippen molar-refractivity contribution in [3.05, 3.63) is 71.8 Å². The molecule has 0 aromatic heterocycles. The van der Waals surface area contributed by atoms with Gasteiger partial charge in [-0.25, -0.2) is 0 Å². The van der Waals surface area contributed by atoms with Crippen molar-refractivity contribution in [1.29, 1.82) is 0 Å². The third-order valence-electron chi connectivity index (χ3n) is 5.45. The maximum Gasteiger partial charge on any atom is 0.161 e. The lowest BCUT2D eigenvalue weighted by atomic mass is 9.96. The van der Waals surface area contributed by atoms with Gasteiger partial charge in [0.05, 0.1) is 19.3 Å². The Hall–Kier alpha value is -1.86. The van der Waals surface area contributed by atoms with Gasteiger partial charge in [0.25, 0.3) is 0 Å². The summed E-state index contributed by atoms with van der Waals surface area (Å²) in [7, 11) is 4.04. The number of nitrogens with zero attached hydrogens (tertiary/aromatic N) is 2. The first-order valence-electron chi connectivity index (χ1n) is 10.5. The number of benzene rings is 2. The second-order valence-corrected chi connectivity index (χ2v) is 8.95. The molecule has 2 heterocycles. The summed E-state index contributed by atoms with van der Waals surface area (Å²) in [5.74, 6) is 0. The van der Waals surface area contributed by atoms with Crippen molar-refractivity contribution in [2.24, 2.45) is 4.99 Å². The summed E-state index contributed by atoms with van der Waals surface area (Å²) in [6.07, 6.45) is 0.500. The highest BCUT2D eigenvalue weighted by atomic mass is 32.2. The van der Waals surface area contributed by atoms with Gasteiger partial charge in [-0.2, -0.15) is 0 Å². The lowest BCUT2D eigenvalue weighted by Gasteiger charge is -2.42. The van der Waals surface area contributed by atoms with Crippen molar-refractivity contribution >= 4 is 16.9 Å². The van der Waals surface area contributed by atoms with Crippen LogP contribution in [0.3, 0.4) is 0 Å². The first-order valence-corrected chi connectivity index (χ1v) is 11.4. The monoisotopic (exact) mass is 426 g/mol. The zero-order valence-corrected chi connectivity index (χ0v) is 18.6. The smallest absolute Gasteiger partial charge is 0.161 e. The van der Waals surface area contributed by atoms with Gasteiger partial charge in [0.1, 0.15) is 23.7 Å². The summed E-state index contributed by atoms with van der Waals surface area (Å²) < 4.78 is 19.4. The Morgan fingerprint density at radius 3 is 2.00 bits per heavy atom. The Balaban J connectivity index is 1.56. The molecular weight excluding hydrogens is 396 g/mol. The van der Waals surface area contributed by atoms with Crippen LogP contribution in [0, 0.1) is 0 Å². The minimum Gasteiger partial charge on any atom is -0.368 e. The van der Waals surface area contributed by atoms with Crippen molar-refractivity contribution < 1.29 is 14.2 Å². The molecule has 0 spiro atoms.